The molecular formula is C20H16F3N2O3Re-5. The summed E-state index contributed by atoms with van der Waals surface area (Å²) in [6.45, 7) is 11.2. The quantitative estimate of drug-likeness (QED) is 0.374. The molecule has 1 unspecified atom stereocenters. The number of benzene rings is 2. The predicted molar refractivity (Wildman–Crippen MR) is 98.3 cm³/mol. The van der Waals surface area contributed by atoms with Crippen molar-refractivity contribution < 1.29 is 48.0 Å². The zero-order valence-corrected chi connectivity index (χ0v) is 17.9. The van der Waals surface area contributed by atoms with E-state index in [1.165, 1.54) is 6.92 Å². The molecule has 0 spiro atoms. The van der Waals surface area contributed by atoms with Crippen LogP contribution in [0.4, 0.5) is 13.2 Å². The Balaban J connectivity index is -0.000000365. The summed E-state index contributed by atoms with van der Waals surface area (Å²) in [6.07, 6.45) is -3.29. The van der Waals surface area contributed by atoms with E-state index in [2.05, 4.69) is 42.7 Å². The molecule has 1 atom stereocenters. The van der Waals surface area contributed by atoms with Crippen LogP contribution in [0.25, 0.3) is 11.1 Å². The van der Waals surface area contributed by atoms with Crippen LogP contribution in [0.15, 0.2) is 70.5 Å². The van der Waals surface area contributed by atoms with E-state index in [-0.39, 0.29) is 20.4 Å². The second-order valence-corrected chi connectivity index (χ2v) is 4.56. The topological polar surface area (TPSA) is 75.9 Å². The molecule has 0 saturated carbocycles. The summed E-state index contributed by atoms with van der Waals surface area (Å²) >= 11 is 0. The molecule has 157 valence electrons. The van der Waals surface area contributed by atoms with Crippen molar-refractivity contribution in [1.29, 1.82) is 0 Å². The minimum absolute atomic E-state index is 0. The average Bonchev–Trinajstić information content (AvgIpc) is 3.21. The first-order valence-corrected chi connectivity index (χ1v) is 7.27. The Labute approximate surface area is 181 Å². The first kappa shape index (κ1) is 31.0. The van der Waals surface area contributed by atoms with Gasteiger partial charge >= 0.3 is 6.18 Å². The first-order valence-electron chi connectivity index (χ1n) is 7.27. The van der Waals surface area contributed by atoms with E-state index in [0.717, 1.165) is 17.2 Å². The van der Waals surface area contributed by atoms with Crippen molar-refractivity contribution >= 4 is 20.4 Å². The van der Waals surface area contributed by atoms with Gasteiger partial charge in [0.25, 0.3) is 0 Å². The third kappa shape index (κ3) is 13.1. The monoisotopic (exact) mass is 576 g/mol. The first-order chi connectivity index (χ1) is 13.5. The van der Waals surface area contributed by atoms with Crippen LogP contribution >= 0.6 is 0 Å². The summed E-state index contributed by atoms with van der Waals surface area (Å²) in [4.78, 5) is 23.2. The molecule has 0 aromatic heterocycles. The Kier molecular flexibility index (Phi) is 19.9. The molecule has 1 heterocycles. The van der Waals surface area contributed by atoms with Crippen LogP contribution in [0.5, 0.6) is 0 Å². The number of hydrogen-bond donors (Lipinski definition) is 0. The Morgan fingerprint density at radius 1 is 0.862 bits per heavy atom. The predicted octanol–water partition coefficient (Wildman–Crippen LogP) is 4.42. The molecule has 0 N–H and O–H groups in total. The summed E-state index contributed by atoms with van der Waals surface area (Å²) in [6, 6.07) is 20.4. The fourth-order valence-corrected chi connectivity index (χ4v) is 1.73. The van der Waals surface area contributed by atoms with Crippen molar-refractivity contribution in [3.63, 3.8) is 0 Å². The number of halogens is 3. The van der Waals surface area contributed by atoms with Crippen molar-refractivity contribution in [3.8, 4) is 11.1 Å². The van der Waals surface area contributed by atoms with Gasteiger partial charge in [0.2, 0.25) is 0 Å². The molecule has 0 fully saturated rings. The maximum Gasteiger partial charge on any atom is 0.416 e. The minimum atomic E-state index is -4.28. The Bertz CT molecular complexity index is 670. The molecule has 2 aromatic rings. The Morgan fingerprint density at radius 3 is 1.48 bits per heavy atom. The summed E-state index contributed by atoms with van der Waals surface area (Å²) < 4.78 is 35.2. The van der Waals surface area contributed by atoms with Gasteiger partial charge in [0.15, 0.2) is 6.04 Å². The largest absolute Gasteiger partial charge is 0.545 e. The van der Waals surface area contributed by atoms with Crippen LogP contribution < -0.4 is 0 Å². The van der Waals surface area contributed by atoms with E-state index < -0.39 is 12.2 Å². The molecule has 29 heavy (non-hydrogen) atoms. The van der Waals surface area contributed by atoms with Crippen molar-refractivity contribution in [2.24, 2.45) is 10.2 Å². The van der Waals surface area contributed by atoms with Crippen LogP contribution in [-0.2, 0) is 34.8 Å². The van der Waals surface area contributed by atoms with E-state index in [1.54, 1.807) is 0 Å². The molecule has 5 nitrogen and oxygen atoms in total. The molecule has 2 aromatic carbocycles. The molecule has 3 rings (SSSR count). The SMILES string of the molecule is CC1=CC(C(F)(F)F)N=N1.[CH-]=O.[CH-]=O.[CH-]=O.[Re].[c-]1ccccc1-c1[c-]cccc1. The zero-order valence-electron chi connectivity index (χ0n) is 15.1. The number of allylic oxidation sites excluding steroid dienone is 1. The maximum atomic E-state index is 11.7. The van der Waals surface area contributed by atoms with Gasteiger partial charge in [-0.15, -0.1) is 12.1 Å². The molecule has 0 saturated heterocycles. The zero-order chi connectivity index (χ0) is 22.0. The molecule has 1 aliphatic rings. The maximum absolute atomic E-state index is 11.7. The van der Waals surface area contributed by atoms with E-state index >= 15 is 0 Å². The third-order valence-electron chi connectivity index (χ3n) is 2.78. The van der Waals surface area contributed by atoms with Gasteiger partial charge in [-0.3, -0.25) is 20.4 Å². The standard InChI is InChI=1S/C12H8.C5H5F3N2.3CHO.Re/c1-3-7-11(8-4-1)12-9-5-2-6-10-12;1-3-2-4(10-9-3)5(6,7)8;3*1-2;/h1-7,9H;2,4H,1H3;3*1H;/q-2;;3*-1;. The smallest absolute Gasteiger partial charge is 0.416 e. The number of rotatable bonds is 1. The Morgan fingerprint density at radius 2 is 1.28 bits per heavy atom. The van der Waals surface area contributed by atoms with Gasteiger partial charge < -0.3 is 14.4 Å². The normalized spacial score (nSPS) is 13.1. The van der Waals surface area contributed by atoms with E-state index in [0.29, 0.717) is 5.70 Å². The number of alkyl halides is 3. The number of hydrogen-bond acceptors (Lipinski definition) is 5. The van der Waals surface area contributed by atoms with Crippen LogP contribution in [-0.4, -0.2) is 32.6 Å². The van der Waals surface area contributed by atoms with E-state index in [1.807, 2.05) is 48.5 Å². The molecule has 9 heteroatoms. The molecule has 1 aliphatic heterocycles. The second kappa shape index (κ2) is 18.6. The molecule has 0 bridgehead atoms. The summed E-state index contributed by atoms with van der Waals surface area (Å²) in [7, 11) is 0. The molecule has 0 amide bonds. The van der Waals surface area contributed by atoms with Crippen LogP contribution in [0.2, 0.25) is 0 Å². The molecule has 1 radical (unpaired) electrons. The van der Waals surface area contributed by atoms with Gasteiger partial charge in [-0.05, 0) is 13.0 Å². The van der Waals surface area contributed by atoms with E-state index in [9.17, 15) is 13.2 Å². The second-order valence-electron chi connectivity index (χ2n) is 4.56. The van der Waals surface area contributed by atoms with Crippen LogP contribution in [0, 0.1) is 12.1 Å². The Hall–Kier alpha value is -2.76. The van der Waals surface area contributed by atoms with Crippen molar-refractivity contribution in [2.45, 2.75) is 19.1 Å². The summed E-state index contributed by atoms with van der Waals surface area (Å²) in [5.74, 6) is 0. The van der Waals surface area contributed by atoms with Gasteiger partial charge in [-0.1, -0.05) is 0 Å². The molecular weight excluding hydrogens is 559 g/mol. The summed E-state index contributed by atoms with van der Waals surface area (Å²) in [5, 5.41) is 6.25. The van der Waals surface area contributed by atoms with Crippen molar-refractivity contribution in [3.05, 3.63) is 72.4 Å². The number of nitrogens with zero attached hydrogens (tertiary/aromatic N) is 2. The van der Waals surface area contributed by atoms with Crippen molar-refractivity contribution in [2.75, 3.05) is 0 Å². The van der Waals surface area contributed by atoms with Gasteiger partial charge in [-0.2, -0.15) is 71.9 Å². The van der Waals surface area contributed by atoms with Crippen LogP contribution in [0.1, 0.15) is 6.92 Å². The van der Waals surface area contributed by atoms with E-state index in [4.69, 9.17) is 14.4 Å². The summed E-state index contributed by atoms with van der Waals surface area (Å²) in [5.41, 5.74) is 2.51. The fourth-order valence-electron chi connectivity index (χ4n) is 1.73. The van der Waals surface area contributed by atoms with Gasteiger partial charge in [-0.25, -0.2) is 11.1 Å². The third-order valence-corrected chi connectivity index (χ3v) is 2.78. The van der Waals surface area contributed by atoms with Gasteiger partial charge in [0.1, 0.15) is 0 Å². The van der Waals surface area contributed by atoms with Gasteiger partial charge in [0, 0.05) is 20.4 Å². The average molecular weight is 576 g/mol. The van der Waals surface area contributed by atoms with Crippen LogP contribution in [0.3, 0.4) is 0 Å². The number of carbonyl (C=O) groups excluding carboxylic acids is 3. The molecule has 0 aliphatic carbocycles. The number of azo groups is 1. The minimum Gasteiger partial charge on any atom is -0.545 e. The fraction of sp³-hybridized carbons (Fsp3) is 0.150. The van der Waals surface area contributed by atoms with Crippen molar-refractivity contribution in [1.82, 2.24) is 0 Å². The van der Waals surface area contributed by atoms with Gasteiger partial charge in [0.05, 0.1) is 5.70 Å².